The van der Waals surface area contributed by atoms with Gasteiger partial charge in [0.05, 0.1) is 6.54 Å². The highest BCUT2D eigenvalue weighted by Gasteiger charge is 2.31. The quantitative estimate of drug-likeness (QED) is 0.753. The number of sulfonamides is 1. The van der Waals surface area contributed by atoms with E-state index in [0.717, 1.165) is 4.31 Å². The number of aromatic nitrogens is 1. The number of hydrogen-bond acceptors (Lipinski definition) is 5. The highest BCUT2D eigenvalue weighted by Crippen LogP contribution is 2.17. The molecule has 1 aliphatic rings. The van der Waals surface area contributed by atoms with Gasteiger partial charge in [-0.2, -0.15) is 4.31 Å². The molecule has 18 heavy (non-hydrogen) atoms. The van der Waals surface area contributed by atoms with E-state index in [1.807, 2.05) is 0 Å². The minimum absolute atomic E-state index is 0.0500. The van der Waals surface area contributed by atoms with Crippen LogP contribution in [0.15, 0.2) is 23.2 Å². The summed E-state index contributed by atoms with van der Waals surface area (Å²) in [5.41, 5.74) is 5.41. The topological polar surface area (TPSA) is 96.6 Å². The number of nitrogens with two attached hydrogens (primary N) is 1. The van der Waals surface area contributed by atoms with Crippen LogP contribution >= 0.6 is 0 Å². The molecule has 0 spiro atoms. The van der Waals surface area contributed by atoms with E-state index in [9.17, 15) is 13.2 Å². The average molecular weight is 270 g/mol. The number of nitrogen functional groups attached to an aromatic ring is 1. The van der Waals surface area contributed by atoms with E-state index in [4.69, 9.17) is 5.73 Å². The lowest BCUT2D eigenvalue weighted by Crippen LogP contribution is -2.50. The Morgan fingerprint density at radius 3 is 2.61 bits per heavy atom. The van der Waals surface area contributed by atoms with E-state index in [-0.39, 0.29) is 29.7 Å². The van der Waals surface area contributed by atoms with Crippen LogP contribution in [0.2, 0.25) is 0 Å². The van der Waals surface area contributed by atoms with Crippen LogP contribution in [0.3, 0.4) is 0 Å². The highest BCUT2D eigenvalue weighted by atomic mass is 32.2. The third-order valence-corrected chi connectivity index (χ3v) is 4.65. The lowest BCUT2D eigenvalue weighted by atomic mass is 10.4. The van der Waals surface area contributed by atoms with E-state index in [0.29, 0.717) is 6.54 Å². The maximum Gasteiger partial charge on any atom is 0.245 e. The first-order chi connectivity index (χ1) is 8.41. The van der Waals surface area contributed by atoms with Gasteiger partial charge >= 0.3 is 0 Å². The molecule has 98 valence electrons. The Kier molecular flexibility index (Phi) is 3.22. The minimum atomic E-state index is -3.67. The van der Waals surface area contributed by atoms with Crippen molar-refractivity contribution in [2.75, 3.05) is 32.4 Å². The molecule has 1 aliphatic heterocycles. The third-order valence-electron chi connectivity index (χ3n) is 2.82. The number of carbonyl (C=O) groups is 1. The first kappa shape index (κ1) is 12.8. The highest BCUT2D eigenvalue weighted by molar-refractivity contribution is 7.89. The molecule has 0 atom stereocenters. The van der Waals surface area contributed by atoms with Gasteiger partial charge in [0.15, 0.2) is 0 Å². The summed E-state index contributed by atoms with van der Waals surface area (Å²) < 4.78 is 25.6. The summed E-state index contributed by atoms with van der Waals surface area (Å²) in [5, 5.41) is 0. The number of likely N-dealkylation sites (N-methyl/N-ethyl adjacent to an activating group) is 1. The van der Waals surface area contributed by atoms with Gasteiger partial charge in [-0.3, -0.25) is 4.79 Å². The van der Waals surface area contributed by atoms with E-state index < -0.39 is 10.0 Å². The molecule has 8 heteroatoms. The summed E-state index contributed by atoms with van der Waals surface area (Å²) >= 11 is 0. The molecule has 0 aromatic carbocycles. The number of nitrogens with zero attached hydrogens (tertiary/aromatic N) is 3. The maximum atomic E-state index is 12.2. The van der Waals surface area contributed by atoms with Crippen molar-refractivity contribution in [3.63, 3.8) is 0 Å². The summed E-state index contributed by atoms with van der Waals surface area (Å²) in [6.07, 6.45) is 1.20. The van der Waals surface area contributed by atoms with Crippen LogP contribution in [0.1, 0.15) is 0 Å². The molecule has 2 N–H and O–H groups in total. The average Bonchev–Trinajstić information content (AvgIpc) is 2.33. The molecule has 1 aromatic rings. The number of piperazine rings is 1. The van der Waals surface area contributed by atoms with Gasteiger partial charge in [0.2, 0.25) is 15.9 Å². The molecule has 1 fully saturated rings. The van der Waals surface area contributed by atoms with Crippen LogP contribution in [0.5, 0.6) is 0 Å². The van der Waals surface area contributed by atoms with Gasteiger partial charge in [0.25, 0.3) is 0 Å². The lowest BCUT2D eigenvalue weighted by molar-refractivity contribution is -0.132. The SMILES string of the molecule is CN1CCN(S(=O)(=O)c2ccc(N)nc2)CC1=O. The Bertz CT molecular complexity index is 555. The number of pyridine rings is 1. The normalized spacial score (nSPS) is 18.1. The fourth-order valence-corrected chi connectivity index (χ4v) is 2.96. The van der Waals surface area contributed by atoms with Crippen molar-refractivity contribution >= 4 is 21.7 Å². The minimum Gasteiger partial charge on any atom is -0.384 e. The summed E-state index contributed by atoms with van der Waals surface area (Å²) in [5.74, 6) is 0.0385. The second-order valence-corrected chi connectivity index (χ2v) is 6.01. The summed E-state index contributed by atoms with van der Waals surface area (Å²) in [6.45, 7) is 0.540. The van der Waals surface area contributed by atoms with Crippen LogP contribution < -0.4 is 5.73 Å². The zero-order chi connectivity index (χ0) is 13.3. The zero-order valence-corrected chi connectivity index (χ0v) is 10.7. The van der Waals surface area contributed by atoms with Crippen molar-refractivity contribution in [3.8, 4) is 0 Å². The van der Waals surface area contributed by atoms with Crippen molar-refractivity contribution in [1.29, 1.82) is 0 Å². The Labute approximate surface area is 105 Å². The van der Waals surface area contributed by atoms with E-state index in [1.54, 1.807) is 7.05 Å². The Morgan fingerprint density at radius 1 is 1.33 bits per heavy atom. The van der Waals surface area contributed by atoms with Gasteiger partial charge in [0, 0.05) is 26.3 Å². The van der Waals surface area contributed by atoms with Gasteiger partial charge in [-0.15, -0.1) is 0 Å². The molecule has 0 bridgehead atoms. The first-order valence-corrected chi connectivity index (χ1v) is 6.81. The van der Waals surface area contributed by atoms with Crippen molar-refractivity contribution in [3.05, 3.63) is 18.3 Å². The predicted octanol–water partition coefficient (Wildman–Crippen LogP) is -0.873. The largest absolute Gasteiger partial charge is 0.384 e. The standard InChI is InChI=1S/C10H14N4O3S/c1-13-4-5-14(7-10(13)15)18(16,17)8-2-3-9(11)12-6-8/h2-3,6H,4-5,7H2,1H3,(H2,11,12). The van der Waals surface area contributed by atoms with Gasteiger partial charge < -0.3 is 10.6 Å². The second kappa shape index (κ2) is 4.54. The van der Waals surface area contributed by atoms with Gasteiger partial charge in [0.1, 0.15) is 10.7 Å². The number of hydrogen-bond donors (Lipinski definition) is 1. The molecule has 0 radical (unpaired) electrons. The summed E-state index contributed by atoms with van der Waals surface area (Å²) in [4.78, 5) is 16.8. The second-order valence-electron chi connectivity index (χ2n) is 4.07. The van der Waals surface area contributed by atoms with Crippen LogP contribution in [0.25, 0.3) is 0 Å². The molecule has 2 rings (SSSR count). The van der Waals surface area contributed by atoms with E-state index in [2.05, 4.69) is 4.98 Å². The van der Waals surface area contributed by atoms with E-state index >= 15 is 0 Å². The number of anilines is 1. The molecule has 7 nitrogen and oxygen atoms in total. The number of rotatable bonds is 2. The Morgan fingerprint density at radius 2 is 2.06 bits per heavy atom. The first-order valence-electron chi connectivity index (χ1n) is 5.37. The Hall–Kier alpha value is -1.67. The molecule has 1 amide bonds. The molecule has 0 aliphatic carbocycles. The van der Waals surface area contributed by atoms with Crippen LogP contribution in [-0.4, -0.2) is 55.2 Å². The van der Waals surface area contributed by atoms with Crippen molar-refractivity contribution in [2.24, 2.45) is 0 Å². The molecular weight excluding hydrogens is 256 g/mol. The summed E-state index contributed by atoms with van der Waals surface area (Å²) in [7, 11) is -2.02. The molecule has 2 heterocycles. The molecule has 1 saturated heterocycles. The zero-order valence-electron chi connectivity index (χ0n) is 9.91. The van der Waals surface area contributed by atoms with Crippen LogP contribution in [0.4, 0.5) is 5.82 Å². The Balaban J connectivity index is 2.26. The fourth-order valence-electron chi connectivity index (χ4n) is 1.64. The molecule has 0 unspecified atom stereocenters. The van der Waals surface area contributed by atoms with Crippen LogP contribution in [0, 0.1) is 0 Å². The van der Waals surface area contributed by atoms with Gasteiger partial charge in [-0.05, 0) is 12.1 Å². The molecule has 1 aromatic heterocycles. The fraction of sp³-hybridized carbons (Fsp3) is 0.400. The molecular formula is C10H14N4O3S. The van der Waals surface area contributed by atoms with Crippen molar-refractivity contribution in [1.82, 2.24) is 14.2 Å². The maximum absolute atomic E-state index is 12.2. The monoisotopic (exact) mass is 270 g/mol. The van der Waals surface area contributed by atoms with Crippen LogP contribution in [-0.2, 0) is 14.8 Å². The number of carbonyl (C=O) groups excluding carboxylic acids is 1. The van der Waals surface area contributed by atoms with E-state index in [1.165, 1.54) is 23.2 Å². The summed E-state index contributed by atoms with van der Waals surface area (Å²) in [6, 6.07) is 2.81. The third kappa shape index (κ3) is 2.29. The van der Waals surface area contributed by atoms with Crippen molar-refractivity contribution in [2.45, 2.75) is 4.90 Å². The van der Waals surface area contributed by atoms with Gasteiger partial charge in [-0.1, -0.05) is 0 Å². The molecule has 0 saturated carbocycles. The number of amides is 1. The van der Waals surface area contributed by atoms with Crippen molar-refractivity contribution < 1.29 is 13.2 Å². The van der Waals surface area contributed by atoms with Gasteiger partial charge in [-0.25, -0.2) is 13.4 Å². The smallest absolute Gasteiger partial charge is 0.245 e. The lowest BCUT2D eigenvalue weighted by Gasteiger charge is -2.31. The predicted molar refractivity (Wildman–Crippen MR) is 65.0 cm³/mol.